The Hall–Kier alpha value is -2.55. The normalized spacial score (nSPS) is 9.94. The molecular formula is C12H14N6. The van der Waals surface area contributed by atoms with E-state index in [0.717, 1.165) is 30.9 Å². The number of nitriles is 1. The zero-order chi connectivity index (χ0) is 12.8. The summed E-state index contributed by atoms with van der Waals surface area (Å²) in [5, 5.41) is 18.7. The smallest absolute Gasteiger partial charge is 0.137 e. The largest absolute Gasteiger partial charge is 0.398 e. The highest BCUT2D eigenvalue weighted by Crippen LogP contribution is 2.16. The van der Waals surface area contributed by atoms with Crippen LogP contribution in [0.3, 0.4) is 0 Å². The molecule has 0 saturated carbocycles. The second kappa shape index (κ2) is 5.68. The van der Waals surface area contributed by atoms with Crippen LogP contribution in [0.1, 0.15) is 17.8 Å². The Labute approximate surface area is 105 Å². The van der Waals surface area contributed by atoms with Crippen molar-refractivity contribution < 1.29 is 0 Å². The van der Waals surface area contributed by atoms with Crippen LogP contribution in [-0.2, 0) is 6.42 Å². The molecule has 0 saturated heterocycles. The van der Waals surface area contributed by atoms with Gasteiger partial charge >= 0.3 is 0 Å². The summed E-state index contributed by atoms with van der Waals surface area (Å²) in [7, 11) is 0. The molecule has 92 valence electrons. The van der Waals surface area contributed by atoms with Crippen molar-refractivity contribution in [3.63, 3.8) is 0 Å². The van der Waals surface area contributed by atoms with Gasteiger partial charge in [0.25, 0.3) is 0 Å². The van der Waals surface area contributed by atoms with Gasteiger partial charge in [-0.2, -0.15) is 10.4 Å². The molecule has 0 unspecified atom stereocenters. The number of nitrogens with two attached hydrogens (primary N) is 1. The van der Waals surface area contributed by atoms with Crippen molar-refractivity contribution in [3.05, 3.63) is 35.9 Å². The molecule has 18 heavy (non-hydrogen) atoms. The molecule has 0 fully saturated rings. The molecule has 1 aromatic carbocycles. The quantitative estimate of drug-likeness (QED) is 0.541. The average Bonchev–Trinajstić information content (AvgIpc) is 2.89. The maximum atomic E-state index is 8.86. The highest BCUT2D eigenvalue weighted by atomic mass is 15.2. The van der Waals surface area contributed by atoms with E-state index in [2.05, 4.69) is 26.6 Å². The van der Waals surface area contributed by atoms with Crippen LogP contribution in [0.5, 0.6) is 0 Å². The van der Waals surface area contributed by atoms with E-state index in [1.54, 1.807) is 12.1 Å². The number of nitrogens with zero attached hydrogens (tertiary/aromatic N) is 3. The third-order valence-electron chi connectivity index (χ3n) is 2.56. The Morgan fingerprint density at radius 1 is 1.44 bits per heavy atom. The number of anilines is 2. The molecule has 0 aliphatic carbocycles. The molecule has 0 spiro atoms. The van der Waals surface area contributed by atoms with E-state index in [1.165, 1.54) is 6.33 Å². The lowest BCUT2D eigenvalue weighted by molar-refractivity contribution is 0.806. The molecule has 0 bridgehead atoms. The number of benzene rings is 1. The number of aromatic amines is 1. The second-order valence-electron chi connectivity index (χ2n) is 3.88. The summed E-state index contributed by atoms with van der Waals surface area (Å²) in [6.45, 7) is 0.801. The lowest BCUT2D eigenvalue weighted by Crippen LogP contribution is -2.04. The van der Waals surface area contributed by atoms with Crippen LogP contribution < -0.4 is 11.1 Å². The highest BCUT2D eigenvalue weighted by Gasteiger charge is 2.00. The SMILES string of the molecule is N#Cc1cc(NCCCc2ncn[nH]2)ccc1N. The molecule has 2 rings (SSSR count). The van der Waals surface area contributed by atoms with Gasteiger partial charge in [-0.3, -0.25) is 5.10 Å². The van der Waals surface area contributed by atoms with Crippen molar-refractivity contribution in [1.29, 1.82) is 5.26 Å². The summed E-state index contributed by atoms with van der Waals surface area (Å²) in [6.07, 6.45) is 3.27. The zero-order valence-corrected chi connectivity index (χ0v) is 9.85. The summed E-state index contributed by atoms with van der Waals surface area (Å²) < 4.78 is 0. The summed E-state index contributed by atoms with van der Waals surface area (Å²) in [5.74, 6) is 0.881. The molecule has 0 aliphatic heterocycles. The molecule has 0 amide bonds. The number of aryl methyl sites for hydroxylation is 1. The number of hydrogen-bond donors (Lipinski definition) is 3. The molecule has 0 atom stereocenters. The van der Waals surface area contributed by atoms with Crippen LogP contribution in [0.2, 0.25) is 0 Å². The summed E-state index contributed by atoms with van der Waals surface area (Å²) in [5.41, 5.74) is 7.55. The van der Waals surface area contributed by atoms with Gasteiger partial charge in [-0.1, -0.05) is 0 Å². The van der Waals surface area contributed by atoms with Gasteiger partial charge in [0, 0.05) is 24.3 Å². The standard InChI is InChI=1S/C12H14N6/c13-7-9-6-10(3-4-11(9)14)15-5-1-2-12-16-8-17-18-12/h3-4,6,8,15H,1-2,5,14H2,(H,16,17,18). The minimum Gasteiger partial charge on any atom is -0.398 e. The lowest BCUT2D eigenvalue weighted by Gasteiger charge is -2.06. The van der Waals surface area contributed by atoms with Crippen LogP contribution in [0, 0.1) is 11.3 Å². The maximum absolute atomic E-state index is 8.86. The Balaban J connectivity index is 1.82. The summed E-state index contributed by atoms with van der Waals surface area (Å²) >= 11 is 0. The molecule has 1 aromatic heterocycles. The number of H-pyrrole nitrogens is 1. The van der Waals surface area contributed by atoms with Crippen LogP contribution >= 0.6 is 0 Å². The van der Waals surface area contributed by atoms with E-state index in [4.69, 9.17) is 11.0 Å². The summed E-state index contributed by atoms with van der Waals surface area (Å²) in [4.78, 5) is 4.05. The zero-order valence-electron chi connectivity index (χ0n) is 9.85. The Kier molecular flexibility index (Phi) is 3.76. The number of nitrogen functional groups attached to an aromatic ring is 1. The molecule has 0 radical (unpaired) electrons. The minimum atomic E-state index is 0.496. The first-order valence-electron chi connectivity index (χ1n) is 5.67. The van der Waals surface area contributed by atoms with Crippen molar-refractivity contribution in [2.75, 3.05) is 17.6 Å². The Morgan fingerprint density at radius 3 is 3.06 bits per heavy atom. The maximum Gasteiger partial charge on any atom is 0.137 e. The molecule has 2 aromatic rings. The monoisotopic (exact) mass is 242 g/mol. The molecule has 6 heteroatoms. The summed E-state index contributed by atoms with van der Waals surface area (Å²) in [6, 6.07) is 7.41. The van der Waals surface area contributed by atoms with Gasteiger partial charge in [-0.25, -0.2) is 4.98 Å². The van der Waals surface area contributed by atoms with Crippen LogP contribution in [0.4, 0.5) is 11.4 Å². The van der Waals surface area contributed by atoms with Gasteiger partial charge in [0.05, 0.1) is 5.56 Å². The van der Waals surface area contributed by atoms with E-state index < -0.39 is 0 Å². The third-order valence-corrected chi connectivity index (χ3v) is 2.56. The van der Waals surface area contributed by atoms with E-state index >= 15 is 0 Å². The number of nitrogens with one attached hydrogen (secondary N) is 2. The van der Waals surface area contributed by atoms with Gasteiger partial charge in [0.2, 0.25) is 0 Å². The van der Waals surface area contributed by atoms with Gasteiger partial charge in [-0.15, -0.1) is 0 Å². The molecular weight excluding hydrogens is 228 g/mol. The number of rotatable bonds is 5. The van der Waals surface area contributed by atoms with Gasteiger partial charge < -0.3 is 11.1 Å². The highest BCUT2D eigenvalue weighted by molar-refractivity contribution is 5.61. The fourth-order valence-corrected chi connectivity index (χ4v) is 1.60. The molecule has 1 heterocycles. The first kappa shape index (κ1) is 11.9. The number of hydrogen-bond acceptors (Lipinski definition) is 5. The topological polar surface area (TPSA) is 103 Å². The van der Waals surface area contributed by atoms with Gasteiger partial charge in [0.1, 0.15) is 18.2 Å². The Bertz CT molecular complexity index is 540. The predicted molar refractivity (Wildman–Crippen MR) is 68.8 cm³/mol. The fourth-order valence-electron chi connectivity index (χ4n) is 1.60. The lowest BCUT2D eigenvalue weighted by atomic mass is 10.1. The van der Waals surface area contributed by atoms with E-state index in [1.807, 2.05) is 6.07 Å². The van der Waals surface area contributed by atoms with E-state index in [-0.39, 0.29) is 0 Å². The van der Waals surface area contributed by atoms with Crippen molar-refractivity contribution in [2.24, 2.45) is 0 Å². The van der Waals surface area contributed by atoms with Crippen LogP contribution in [0.15, 0.2) is 24.5 Å². The third kappa shape index (κ3) is 2.98. The van der Waals surface area contributed by atoms with Gasteiger partial charge in [-0.05, 0) is 24.6 Å². The predicted octanol–water partition coefficient (Wildman–Crippen LogP) is 1.30. The first-order valence-corrected chi connectivity index (χ1v) is 5.67. The van der Waals surface area contributed by atoms with Crippen molar-refractivity contribution in [2.45, 2.75) is 12.8 Å². The first-order chi connectivity index (χ1) is 8.79. The average molecular weight is 242 g/mol. The van der Waals surface area contributed by atoms with E-state index in [0.29, 0.717) is 11.3 Å². The molecule has 0 aliphatic rings. The fraction of sp³-hybridized carbons (Fsp3) is 0.250. The number of aromatic nitrogens is 3. The van der Waals surface area contributed by atoms with Crippen LogP contribution in [0.25, 0.3) is 0 Å². The minimum absolute atomic E-state index is 0.496. The van der Waals surface area contributed by atoms with Crippen molar-refractivity contribution in [3.8, 4) is 6.07 Å². The van der Waals surface area contributed by atoms with Crippen LogP contribution in [-0.4, -0.2) is 21.7 Å². The van der Waals surface area contributed by atoms with Crippen molar-refractivity contribution >= 4 is 11.4 Å². The molecule has 4 N–H and O–H groups in total. The Morgan fingerprint density at radius 2 is 2.33 bits per heavy atom. The van der Waals surface area contributed by atoms with Crippen molar-refractivity contribution in [1.82, 2.24) is 15.2 Å². The second-order valence-corrected chi connectivity index (χ2v) is 3.88. The van der Waals surface area contributed by atoms with E-state index in [9.17, 15) is 0 Å². The van der Waals surface area contributed by atoms with Gasteiger partial charge in [0.15, 0.2) is 0 Å². The molecule has 6 nitrogen and oxygen atoms in total.